The summed E-state index contributed by atoms with van der Waals surface area (Å²) in [4.78, 5) is 1.30. The fourth-order valence-corrected chi connectivity index (χ4v) is 5.26. The predicted molar refractivity (Wildman–Crippen MR) is 110 cm³/mol. The quantitative estimate of drug-likeness (QED) is 0.608. The molecule has 2 atom stereocenters. The number of benzene rings is 3. The molecule has 0 aromatic heterocycles. The van der Waals surface area contributed by atoms with E-state index in [2.05, 4.69) is 0 Å². The Bertz CT molecular complexity index is 898. The molecule has 2 nitrogen and oxygen atoms in total. The topological polar surface area (TPSA) is 34.1 Å². The van der Waals surface area contributed by atoms with E-state index in [1.54, 1.807) is 6.08 Å². The molecule has 0 radical (unpaired) electrons. The van der Waals surface area contributed by atoms with Crippen LogP contribution in [-0.2, 0) is 21.6 Å². The van der Waals surface area contributed by atoms with Gasteiger partial charge in [0.05, 0.1) is 21.6 Å². The third-order valence-corrected chi connectivity index (χ3v) is 7.20. The first kappa shape index (κ1) is 18.5. The van der Waals surface area contributed by atoms with Crippen molar-refractivity contribution < 1.29 is 8.42 Å². The molecule has 0 heterocycles. The van der Waals surface area contributed by atoms with Crippen molar-refractivity contribution in [3.63, 3.8) is 0 Å². The standard InChI is InChI=1S/C22H20O2S2/c1-17-8-12-20(13-9-17)25(23)22(16-19-6-4-3-5-7-19)26(24)21-14-10-18(2)11-15-21/h3-16H,1-2H3/t25-,26+. The summed E-state index contributed by atoms with van der Waals surface area (Å²) in [7, 11) is -3.01. The van der Waals surface area contributed by atoms with Gasteiger partial charge in [-0.25, -0.2) is 8.42 Å². The third kappa shape index (κ3) is 4.45. The summed E-state index contributed by atoms with van der Waals surface area (Å²) in [5.74, 6) is 0. The second-order valence-corrected chi connectivity index (χ2v) is 9.19. The van der Waals surface area contributed by atoms with Crippen molar-refractivity contribution in [3.05, 3.63) is 99.8 Å². The van der Waals surface area contributed by atoms with E-state index < -0.39 is 21.6 Å². The van der Waals surface area contributed by atoms with Gasteiger partial charge in [-0.05, 0) is 49.8 Å². The smallest absolute Gasteiger partial charge is 0.113 e. The number of hydrogen-bond donors (Lipinski definition) is 0. The zero-order valence-electron chi connectivity index (χ0n) is 14.7. The van der Waals surface area contributed by atoms with Crippen LogP contribution in [0.15, 0.2) is 92.9 Å². The Morgan fingerprint density at radius 3 is 1.50 bits per heavy atom. The van der Waals surface area contributed by atoms with E-state index in [9.17, 15) is 8.42 Å². The molecular formula is C22H20O2S2. The molecule has 0 fully saturated rings. The number of hydrogen-bond acceptors (Lipinski definition) is 2. The second kappa shape index (κ2) is 8.39. The van der Waals surface area contributed by atoms with Gasteiger partial charge >= 0.3 is 0 Å². The lowest BCUT2D eigenvalue weighted by Crippen LogP contribution is -2.04. The molecule has 0 amide bonds. The van der Waals surface area contributed by atoms with Crippen LogP contribution < -0.4 is 0 Å². The first-order chi connectivity index (χ1) is 12.5. The van der Waals surface area contributed by atoms with Crippen LogP contribution >= 0.6 is 0 Å². The summed E-state index contributed by atoms with van der Waals surface area (Å²) in [6.07, 6.45) is 1.77. The average molecular weight is 381 g/mol. The monoisotopic (exact) mass is 380 g/mol. The Balaban J connectivity index is 2.05. The maximum Gasteiger partial charge on any atom is 0.113 e. The van der Waals surface area contributed by atoms with Gasteiger partial charge in [0.1, 0.15) is 4.24 Å². The molecule has 132 valence electrons. The second-order valence-electron chi connectivity index (χ2n) is 6.04. The summed E-state index contributed by atoms with van der Waals surface area (Å²) in [6.45, 7) is 3.97. The lowest BCUT2D eigenvalue weighted by molar-refractivity contribution is 0.683. The van der Waals surface area contributed by atoms with Crippen LogP contribution in [-0.4, -0.2) is 8.42 Å². The molecule has 3 aromatic carbocycles. The zero-order chi connectivity index (χ0) is 18.5. The molecule has 3 aromatic rings. The van der Waals surface area contributed by atoms with Crippen molar-refractivity contribution >= 4 is 27.7 Å². The van der Waals surface area contributed by atoms with Gasteiger partial charge < -0.3 is 0 Å². The molecule has 0 aliphatic rings. The van der Waals surface area contributed by atoms with E-state index >= 15 is 0 Å². The average Bonchev–Trinajstić information content (AvgIpc) is 2.67. The molecule has 26 heavy (non-hydrogen) atoms. The van der Waals surface area contributed by atoms with Crippen molar-refractivity contribution in [2.75, 3.05) is 0 Å². The SMILES string of the molecule is Cc1ccc([S@](=O)C(=Cc2ccccc2)[S@](=O)c2ccc(C)cc2)cc1. The van der Waals surface area contributed by atoms with Crippen molar-refractivity contribution in [2.24, 2.45) is 0 Å². The van der Waals surface area contributed by atoms with Crippen LogP contribution in [0.3, 0.4) is 0 Å². The molecule has 0 bridgehead atoms. The van der Waals surface area contributed by atoms with Gasteiger partial charge in [0, 0.05) is 9.79 Å². The van der Waals surface area contributed by atoms with Gasteiger partial charge in [0.2, 0.25) is 0 Å². The summed E-state index contributed by atoms with van der Waals surface area (Å²) in [6, 6.07) is 24.6. The van der Waals surface area contributed by atoms with Crippen LogP contribution in [0.2, 0.25) is 0 Å². The van der Waals surface area contributed by atoms with Gasteiger partial charge in [0.15, 0.2) is 0 Å². The maximum atomic E-state index is 13.2. The van der Waals surface area contributed by atoms with Crippen LogP contribution in [0.5, 0.6) is 0 Å². The molecule has 0 saturated heterocycles. The van der Waals surface area contributed by atoms with Gasteiger partial charge in [-0.3, -0.25) is 0 Å². The van der Waals surface area contributed by atoms with Crippen LogP contribution in [0.4, 0.5) is 0 Å². The van der Waals surface area contributed by atoms with E-state index in [1.165, 1.54) is 0 Å². The minimum Gasteiger partial charge on any atom is -0.248 e. The Kier molecular flexibility index (Phi) is 5.96. The summed E-state index contributed by atoms with van der Waals surface area (Å²) in [5, 5.41) is 0. The van der Waals surface area contributed by atoms with E-state index in [-0.39, 0.29) is 0 Å². The van der Waals surface area contributed by atoms with E-state index in [0.29, 0.717) is 14.0 Å². The lowest BCUT2D eigenvalue weighted by atomic mass is 10.2. The molecule has 4 heteroatoms. The van der Waals surface area contributed by atoms with E-state index in [0.717, 1.165) is 16.7 Å². The van der Waals surface area contributed by atoms with Crippen molar-refractivity contribution in [1.82, 2.24) is 0 Å². The Hall–Kier alpha value is -2.30. The van der Waals surface area contributed by atoms with E-state index in [1.807, 2.05) is 92.7 Å². The van der Waals surface area contributed by atoms with E-state index in [4.69, 9.17) is 0 Å². The van der Waals surface area contributed by atoms with Crippen molar-refractivity contribution in [1.29, 1.82) is 0 Å². The van der Waals surface area contributed by atoms with Crippen molar-refractivity contribution in [3.8, 4) is 0 Å². The summed E-state index contributed by atoms with van der Waals surface area (Å²) < 4.78 is 26.8. The molecule has 3 rings (SSSR count). The highest BCUT2D eigenvalue weighted by Gasteiger charge is 2.19. The predicted octanol–water partition coefficient (Wildman–Crippen LogP) is 5.22. The minimum absolute atomic E-state index is 0.393. The van der Waals surface area contributed by atoms with Gasteiger partial charge in [-0.1, -0.05) is 65.7 Å². The fourth-order valence-electron chi connectivity index (χ4n) is 2.42. The fraction of sp³-hybridized carbons (Fsp3) is 0.0909. The first-order valence-electron chi connectivity index (χ1n) is 8.28. The Morgan fingerprint density at radius 1 is 0.654 bits per heavy atom. The van der Waals surface area contributed by atoms with Crippen LogP contribution in [0.1, 0.15) is 16.7 Å². The molecule has 0 aliphatic carbocycles. The number of aryl methyl sites for hydroxylation is 2. The van der Waals surface area contributed by atoms with Gasteiger partial charge in [-0.15, -0.1) is 0 Å². The molecule has 0 spiro atoms. The molecular weight excluding hydrogens is 360 g/mol. The number of rotatable bonds is 5. The largest absolute Gasteiger partial charge is 0.248 e. The highest BCUT2D eigenvalue weighted by molar-refractivity contribution is 8.08. The molecule has 0 aliphatic heterocycles. The minimum atomic E-state index is -1.50. The van der Waals surface area contributed by atoms with Gasteiger partial charge in [-0.2, -0.15) is 0 Å². The molecule has 0 unspecified atom stereocenters. The third-order valence-electron chi connectivity index (χ3n) is 3.92. The first-order valence-corrected chi connectivity index (χ1v) is 10.6. The lowest BCUT2D eigenvalue weighted by Gasteiger charge is -2.09. The van der Waals surface area contributed by atoms with Crippen LogP contribution in [0.25, 0.3) is 6.08 Å². The normalized spacial score (nSPS) is 14.0. The zero-order valence-corrected chi connectivity index (χ0v) is 16.3. The highest BCUT2D eigenvalue weighted by Crippen LogP contribution is 2.25. The molecule has 0 saturated carbocycles. The Labute approximate surface area is 159 Å². The summed E-state index contributed by atoms with van der Waals surface area (Å²) >= 11 is 0. The maximum absolute atomic E-state index is 13.2. The van der Waals surface area contributed by atoms with Gasteiger partial charge in [0.25, 0.3) is 0 Å². The Morgan fingerprint density at radius 2 is 1.08 bits per heavy atom. The van der Waals surface area contributed by atoms with Crippen LogP contribution in [0, 0.1) is 13.8 Å². The van der Waals surface area contributed by atoms with Crippen molar-refractivity contribution in [2.45, 2.75) is 23.6 Å². The molecule has 0 N–H and O–H groups in total. The summed E-state index contributed by atoms with van der Waals surface area (Å²) in [5.41, 5.74) is 3.07. The highest BCUT2D eigenvalue weighted by atomic mass is 32.2.